The maximum atomic E-state index is 12.8. The summed E-state index contributed by atoms with van der Waals surface area (Å²) in [4.78, 5) is 39.2. The molecule has 0 unspecified atom stereocenters. The topological polar surface area (TPSA) is 95.9 Å². The summed E-state index contributed by atoms with van der Waals surface area (Å²) >= 11 is 0. The van der Waals surface area contributed by atoms with Gasteiger partial charge in [-0.05, 0) is 43.9 Å². The minimum atomic E-state index is -0.842. The number of hydrogen-bond acceptors (Lipinski definition) is 5. The molecule has 1 aromatic carbocycles. The summed E-state index contributed by atoms with van der Waals surface area (Å²) in [5.41, 5.74) is 0.790. The van der Waals surface area contributed by atoms with Gasteiger partial charge in [0.1, 0.15) is 17.8 Å². The van der Waals surface area contributed by atoms with E-state index in [4.69, 9.17) is 4.74 Å². The van der Waals surface area contributed by atoms with Gasteiger partial charge in [0.2, 0.25) is 11.8 Å². The molecule has 1 saturated heterocycles. The highest BCUT2D eigenvalue weighted by molar-refractivity contribution is 5.91. The van der Waals surface area contributed by atoms with E-state index in [1.165, 1.54) is 12.1 Å². The van der Waals surface area contributed by atoms with Gasteiger partial charge in [0.05, 0.1) is 6.61 Å². The van der Waals surface area contributed by atoms with Crippen LogP contribution in [0.5, 0.6) is 5.75 Å². The standard InChI is InChI=1S/C21H30N2O5/c1-3-5-8-19(25)23-13-6-7-18(23)20(26)22-17(21(27)28-4-2)14-15-9-11-16(24)12-10-15/h9-12,17-18,24H,3-8,13-14H2,1-2H3,(H,22,26)/t17-,18-/m0/s1. The van der Waals surface area contributed by atoms with Gasteiger partial charge in [-0.3, -0.25) is 9.59 Å². The number of phenols is 1. The molecule has 28 heavy (non-hydrogen) atoms. The zero-order valence-electron chi connectivity index (χ0n) is 16.6. The Morgan fingerprint density at radius 2 is 1.96 bits per heavy atom. The molecule has 1 aliphatic heterocycles. The van der Waals surface area contributed by atoms with Crippen LogP contribution in [0.15, 0.2) is 24.3 Å². The third kappa shape index (κ3) is 5.97. The number of nitrogens with one attached hydrogen (secondary N) is 1. The van der Waals surface area contributed by atoms with Gasteiger partial charge in [0, 0.05) is 19.4 Å². The Balaban J connectivity index is 2.06. The molecule has 0 spiro atoms. The lowest BCUT2D eigenvalue weighted by Crippen LogP contribution is -2.51. The molecular formula is C21H30N2O5. The average Bonchev–Trinajstić information content (AvgIpc) is 3.17. The Kier molecular flexibility index (Phi) is 8.29. The Hall–Kier alpha value is -2.57. The van der Waals surface area contributed by atoms with Gasteiger partial charge in [-0.25, -0.2) is 4.79 Å². The number of likely N-dealkylation sites (tertiary alicyclic amines) is 1. The normalized spacial score (nSPS) is 17.2. The summed E-state index contributed by atoms with van der Waals surface area (Å²) in [6.07, 6.45) is 3.79. The van der Waals surface area contributed by atoms with Gasteiger partial charge >= 0.3 is 5.97 Å². The van der Waals surface area contributed by atoms with E-state index in [0.717, 1.165) is 24.8 Å². The van der Waals surface area contributed by atoms with Crippen molar-refractivity contribution in [1.29, 1.82) is 0 Å². The first-order valence-corrected chi connectivity index (χ1v) is 10.0. The highest BCUT2D eigenvalue weighted by Crippen LogP contribution is 2.20. The summed E-state index contributed by atoms with van der Waals surface area (Å²) < 4.78 is 5.11. The number of unbranched alkanes of at least 4 members (excludes halogenated alkanes) is 1. The van der Waals surface area contributed by atoms with Gasteiger partial charge in [0.25, 0.3) is 0 Å². The van der Waals surface area contributed by atoms with E-state index in [1.54, 1.807) is 24.0 Å². The number of carbonyl (C=O) groups is 3. The smallest absolute Gasteiger partial charge is 0.328 e. The lowest BCUT2D eigenvalue weighted by atomic mass is 10.0. The molecule has 1 aromatic rings. The van der Waals surface area contributed by atoms with Gasteiger partial charge in [-0.2, -0.15) is 0 Å². The number of rotatable bonds is 9. The van der Waals surface area contributed by atoms with E-state index in [-0.39, 0.29) is 30.6 Å². The fourth-order valence-corrected chi connectivity index (χ4v) is 3.38. The maximum absolute atomic E-state index is 12.8. The van der Waals surface area contributed by atoms with Crippen LogP contribution in [0.1, 0.15) is 51.5 Å². The number of phenolic OH excluding ortho intramolecular Hbond substituents is 1. The molecule has 2 amide bonds. The largest absolute Gasteiger partial charge is 0.508 e. The monoisotopic (exact) mass is 390 g/mol. The molecule has 1 fully saturated rings. The van der Waals surface area contributed by atoms with Crippen molar-refractivity contribution >= 4 is 17.8 Å². The van der Waals surface area contributed by atoms with Gasteiger partial charge in [-0.1, -0.05) is 25.5 Å². The molecule has 0 bridgehead atoms. The van der Waals surface area contributed by atoms with Crippen molar-refractivity contribution in [3.63, 3.8) is 0 Å². The maximum Gasteiger partial charge on any atom is 0.328 e. The molecule has 0 saturated carbocycles. The van der Waals surface area contributed by atoms with Crippen LogP contribution >= 0.6 is 0 Å². The minimum Gasteiger partial charge on any atom is -0.508 e. The molecular weight excluding hydrogens is 360 g/mol. The van der Waals surface area contributed by atoms with Crippen molar-refractivity contribution < 1.29 is 24.2 Å². The SMILES string of the molecule is CCCCC(=O)N1CCC[C@H]1C(=O)N[C@@H](Cc1ccc(O)cc1)C(=O)OCC. The molecule has 7 nitrogen and oxygen atoms in total. The number of esters is 1. The first-order valence-electron chi connectivity index (χ1n) is 10.0. The summed E-state index contributed by atoms with van der Waals surface area (Å²) in [7, 11) is 0. The molecule has 0 aliphatic carbocycles. The van der Waals surface area contributed by atoms with E-state index in [9.17, 15) is 19.5 Å². The van der Waals surface area contributed by atoms with E-state index in [2.05, 4.69) is 5.32 Å². The highest BCUT2D eigenvalue weighted by Gasteiger charge is 2.35. The zero-order valence-corrected chi connectivity index (χ0v) is 16.6. The molecule has 2 rings (SSSR count). The lowest BCUT2D eigenvalue weighted by molar-refractivity contribution is -0.148. The van der Waals surface area contributed by atoms with E-state index in [1.807, 2.05) is 6.92 Å². The van der Waals surface area contributed by atoms with Crippen LogP contribution in [-0.4, -0.2) is 53.0 Å². The second-order valence-electron chi connectivity index (χ2n) is 7.03. The second-order valence-corrected chi connectivity index (χ2v) is 7.03. The summed E-state index contributed by atoms with van der Waals surface area (Å²) in [5, 5.41) is 12.2. The number of nitrogens with zero attached hydrogens (tertiary/aromatic N) is 1. The van der Waals surface area contributed by atoms with Crippen molar-refractivity contribution in [1.82, 2.24) is 10.2 Å². The fraction of sp³-hybridized carbons (Fsp3) is 0.571. The first-order chi connectivity index (χ1) is 13.5. The number of hydrogen-bond donors (Lipinski definition) is 2. The molecule has 0 aromatic heterocycles. The van der Waals surface area contributed by atoms with Crippen LogP contribution in [-0.2, 0) is 25.5 Å². The van der Waals surface area contributed by atoms with Crippen molar-refractivity contribution in [3.8, 4) is 5.75 Å². The lowest BCUT2D eigenvalue weighted by Gasteiger charge is -2.26. The molecule has 2 atom stereocenters. The first kappa shape index (κ1) is 21.7. The number of aromatic hydroxyl groups is 1. The third-order valence-electron chi connectivity index (χ3n) is 4.88. The van der Waals surface area contributed by atoms with Crippen LogP contribution in [0.4, 0.5) is 0 Å². The number of carbonyl (C=O) groups excluding carboxylic acids is 3. The predicted molar refractivity (Wildman–Crippen MR) is 105 cm³/mol. The fourth-order valence-electron chi connectivity index (χ4n) is 3.38. The Bertz CT molecular complexity index is 674. The molecule has 7 heteroatoms. The Morgan fingerprint density at radius 1 is 1.25 bits per heavy atom. The molecule has 154 valence electrons. The van der Waals surface area contributed by atoms with E-state index in [0.29, 0.717) is 19.4 Å². The van der Waals surface area contributed by atoms with Crippen LogP contribution in [0.3, 0.4) is 0 Å². The van der Waals surface area contributed by atoms with Gasteiger partial charge in [-0.15, -0.1) is 0 Å². The molecule has 0 radical (unpaired) electrons. The van der Waals surface area contributed by atoms with Crippen molar-refractivity contribution in [2.75, 3.05) is 13.2 Å². The Morgan fingerprint density at radius 3 is 2.61 bits per heavy atom. The average molecular weight is 390 g/mol. The zero-order chi connectivity index (χ0) is 20.5. The number of ether oxygens (including phenoxy) is 1. The summed E-state index contributed by atoms with van der Waals surface area (Å²) in [6.45, 7) is 4.52. The van der Waals surface area contributed by atoms with Crippen LogP contribution in [0.25, 0.3) is 0 Å². The quantitative estimate of drug-likeness (QED) is 0.630. The highest BCUT2D eigenvalue weighted by atomic mass is 16.5. The van der Waals surface area contributed by atoms with Crippen LogP contribution in [0, 0.1) is 0 Å². The van der Waals surface area contributed by atoms with E-state index < -0.39 is 18.1 Å². The Labute approximate surface area is 166 Å². The summed E-state index contributed by atoms with van der Waals surface area (Å²) in [6, 6.07) is 5.08. The van der Waals surface area contributed by atoms with Crippen molar-refractivity contribution in [3.05, 3.63) is 29.8 Å². The van der Waals surface area contributed by atoms with E-state index >= 15 is 0 Å². The van der Waals surface area contributed by atoms with Crippen molar-refractivity contribution in [2.45, 2.75) is 64.5 Å². The number of benzene rings is 1. The third-order valence-corrected chi connectivity index (χ3v) is 4.88. The summed E-state index contributed by atoms with van der Waals surface area (Å²) in [5.74, 6) is -0.705. The van der Waals surface area contributed by atoms with Crippen LogP contribution in [0.2, 0.25) is 0 Å². The molecule has 1 aliphatic rings. The van der Waals surface area contributed by atoms with Gasteiger partial charge < -0.3 is 20.1 Å². The minimum absolute atomic E-state index is 0.00859. The molecule has 2 N–H and O–H groups in total. The predicted octanol–water partition coefficient (Wildman–Crippen LogP) is 2.16. The van der Waals surface area contributed by atoms with Crippen LogP contribution < -0.4 is 5.32 Å². The molecule has 1 heterocycles. The number of amides is 2. The second kappa shape index (κ2) is 10.7. The van der Waals surface area contributed by atoms with Gasteiger partial charge in [0.15, 0.2) is 0 Å². The van der Waals surface area contributed by atoms with Crippen molar-refractivity contribution in [2.24, 2.45) is 0 Å².